The zero-order valence-corrected chi connectivity index (χ0v) is 13.2. The molecule has 0 spiro atoms. The Morgan fingerprint density at radius 3 is 2.65 bits per heavy atom. The summed E-state index contributed by atoms with van der Waals surface area (Å²) in [5, 5.41) is 0.946. The second kappa shape index (κ2) is 5.47. The standard InChI is InChI=1S/C14H10IN3OS/c15-10-4-1-8(2-5-10)14-17-11-6-3-9(13(19)18-16)7-12(11)20-14/h1-7H,16H2,(H,18,19). The molecule has 0 saturated carbocycles. The normalized spacial score (nSPS) is 10.7. The average molecular weight is 395 g/mol. The van der Waals surface area contributed by atoms with Crippen molar-refractivity contribution in [3.05, 3.63) is 51.6 Å². The van der Waals surface area contributed by atoms with E-state index in [0.717, 1.165) is 20.8 Å². The minimum Gasteiger partial charge on any atom is -0.290 e. The summed E-state index contributed by atoms with van der Waals surface area (Å²) in [6.45, 7) is 0. The van der Waals surface area contributed by atoms with Crippen LogP contribution in [-0.4, -0.2) is 10.9 Å². The summed E-state index contributed by atoms with van der Waals surface area (Å²) in [6.07, 6.45) is 0. The van der Waals surface area contributed by atoms with Crippen molar-refractivity contribution >= 4 is 50.1 Å². The molecule has 0 aliphatic carbocycles. The van der Waals surface area contributed by atoms with Gasteiger partial charge in [-0.25, -0.2) is 10.8 Å². The molecule has 0 fully saturated rings. The lowest BCUT2D eigenvalue weighted by atomic mass is 10.2. The van der Waals surface area contributed by atoms with E-state index in [4.69, 9.17) is 5.84 Å². The molecule has 4 nitrogen and oxygen atoms in total. The van der Waals surface area contributed by atoms with Crippen LogP contribution in [0.2, 0.25) is 0 Å². The van der Waals surface area contributed by atoms with E-state index in [-0.39, 0.29) is 5.91 Å². The third-order valence-corrected chi connectivity index (χ3v) is 4.66. The Bertz CT molecular complexity index is 783. The smallest absolute Gasteiger partial charge is 0.265 e. The molecule has 20 heavy (non-hydrogen) atoms. The molecule has 0 aliphatic heterocycles. The van der Waals surface area contributed by atoms with Crippen LogP contribution in [0.25, 0.3) is 20.8 Å². The molecule has 3 aromatic rings. The molecule has 2 aromatic carbocycles. The number of carbonyl (C=O) groups is 1. The van der Waals surface area contributed by atoms with Crippen LogP contribution in [0.4, 0.5) is 0 Å². The van der Waals surface area contributed by atoms with E-state index < -0.39 is 0 Å². The third kappa shape index (κ3) is 2.54. The molecule has 0 radical (unpaired) electrons. The van der Waals surface area contributed by atoms with Gasteiger partial charge in [0.1, 0.15) is 5.01 Å². The van der Waals surface area contributed by atoms with Gasteiger partial charge in [-0.15, -0.1) is 11.3 Å². The van der Waals surface area contributed by atoms with Crippen LogP contribution < -0.4 is 11.3 Å². The second-order valence-electron chi connectivity index (χ2n) is 4.18. The molecule has 0 aliphatic rings. The third-order valence-electron chi connectivity index (χ3n) is 2.87. The van der Waals surface area contributed by atoms with E-state index in [9.17, 15) is 4.79 Å². The molecule has 1 amide bonds. The maximum Gasteiger partial charge on any atom is 0.265 e. The number of amides is 1. The van der Waals surface area contributed by atoms with Crippen molar-refractivity contribution in [2.75, 3.05) is 0 Å². The van der Waals surface area contributed by atoms with Gasteiger partial charge in [0.05, 0.1) is 10.2 Å². The fraction of sp³-hybridized carbons (Fsp3) is 0. The first-order valence-electron chi connectivity index (χ1n) is 5.85. The van der Waals surface area contributed by atoms with Crippen LogP contribution in [0.5, 0.6) is 0 Å². The topological polar surface area (TPSA) is 68.0 Å². The van der Waals surface area contributed by atoms with Crippen molar-refractivity contribution in [1.29, 1.82) is 0 Å². The molecule has 0 saturated heterocycles. The van der Waals surface area contributed by atoms with Gasteiger partial charge < -0.3 is 0 Å². The quantitative estimate of drug-likeness (QED) is 0.303. The number of carbonyl (C=O) groups excluding carboxylic acids is 1. The highest BCUT2D eigenvalue weighted by Crippen LogP contribution is 2.31. The van der Waals surface area contributed by atoms with Gasteiger partial charge >= 0.3 is 0 Å². The molecule has 0 unspecified atom stereocenters. The maximum absolute atomic E-state index is 11.5. The van der Waals surface area contributed by atoms with Gasteiger partial charge in [0.25, 0.3) is 5.91 Å². The van der Waals surface area contributed by atoms with Gasteiger partial charge in [0.15, 0.2) is 0 Å². The maximum atomic E-state index is 11.5. The number of halogens is 1. The summed E-state index contributed by atoms with van der Waals surface area (Å²) in [6, 6.07) is 13.6. The molecule has 0 bridgehead atoms. The van der Waals surface area contributed by atoms with E-state index >= 15 is 0 Å². The molecule has 3 N–H and O–H groups in total. The predicted molar refractivity (Wildman–Crippen MR) is 89.4 cm³/mol. The average Bonchev–Trinajstić information content (AvgIpc) is 2.90. The van der Waals surface area contributed by atoms with Crippen LogP contribution in [0.3, 0.4) is 0 Å². The molecule has 1 aromatic heterocycles. The monoisotopic (exact) mass is 395 g/mol. The predicted octanol–water partition coefficient (Wildman–Crippen LogP) is 3.17. The Kier molecular flexibility index (Phi) is 3.68. The van der Waals surface area contributed by atoms with E-state index in [0.29, 0.717) is 5.56 Å². The van der Waals surface area contributed by atoms with Crippen LogP contribution in [-0.2, 0) is 0 Å². The fourth-order valence-corrected chi connectivity index (χ4v) is 3.24. The Hall–Kier alpha value is -1.51. The number of hydrazine groups is 1. The van der Waals surface area contributed by atoms with Gasteiger partial charge in [-0.3, -0.25) is 10.2 Å². The molecular weight excluding hydrogens is 385 g/mol. The largest absolute Gasteiger partial charge is 0.290 e. The summed E-state index contributed by atoms with van der Waals surface area (Å²) in [5.74, 6) is 4.85. The summed E-state index contributed by atoms with van der Waals surface area (Å²) in [7, 11) is 0. The lowest BCUT2D eigenvalue weighted by molar-refractivity contribution is 0.0954. The second-order valence-corrected chi connectivity index (χ2v) is 6.46. The number of hydrogen-bond donors (Lipinski definition) is 2. The lowest BCUT2D eigenvalue weighted by Crippen LogP contribution is -2.29. The van der Waals surface area contributed by atoms with Crippen molar-refractivity contribution in [3.63, 3.8) is 0 Å². The number of benzene rings is 2. The van der Waals surface area contributed by atoms with Crippen molar-refractivity contribution < 1.29 is 4.79 Å². The SMILES string of the molecule is NNC(=O)c1ccc2nc(-c3ccc(I)cc3)sc2c1. The Morgan fingerprint density at radius 2 is 1.95 bits per heavy atom. The fourth-order valence-electron chi connectivity index (χ4n) is 1.87. The number of thiazole rings is 1. The number of rotatable bonds is 2. The molecule has 3 rings (SSSR count). The van der Waals surface area contributed by atoms with E-state index in [1.165, 1.54) is 3.57 Å². The summed E-state index contributed by atoms with van der Waals surface area (Å²) < 4.78 is 2.16. The molecule has 1 heterocycles. The van der Waals surface area contributed by atoms with Crippen LogP contribution in [0.15, 0.2) is 42.5 Å². The molecule has 6 heteroatoms. The van der Waals surface area contributed by atoms with Crippen LogP contribution in [0.1, 0.15) is 10.4 Å². The number of aromatic nitrogens is 1. The summed E-state index contributed by atoms with van der Waals surface area (Å²) >= 11 is 3.84. The Balaban J connectivity index is 2.06. The summed E-state index contributed by atoms with van der Waals surface area (Å²) in [5.41, 5.74) is 4.64. The highest BCUT2D eigenvalue weighted by molar-refractivity contribution is 14.1. The van der Waals surface area contributed by atoms with Crippen LogP contribution in [0, 0.1) is 3.57 Å². The Morgan fingerprint density at radius 1 is 1.20 bits per heavy atom. The lowest BCUT2D eigenvalue weighted by Gasteiger charge is -1.97. The number of nitrogens with one attached hydrogen (secondary N) is 1. The van der Waals surface area contributed by atoms with Crippen molar-refractivity contribution in [1.82, 2.24) is 10.4 Å². The number of nitrogens with zero attached hydrogens (tertiary/aromatic N) is 1. The van der Waals surface area contributed by atoms with E-state index in [2.05, 4.69) is 45.1 Å². The van der Waals surface area contributed by atoms with Crippen molar-refractivity contribution in [3.8, 4) is 10.6 Å². The first-order valence-corrected chi connectivity index (χ1v) is 7.74. The van der Waals surface area contributed by atoms with Crippen molar-refractivity contribution in [2.24, 2.45) is 5.84 Å². The number of nitrogen functional groups attached to an aromatic ring is 1. The Labute approximate surface area is 133 Å². The minimum absolute atomic E-state index is 0.295. The number of fused-ring (bicyclic) bond motifs is 1. The van der Waals surface area contributed by atoms with E-state index in [1.807, 2.05) is 24.3 Å². The molecular formula is C14H10IN3OS. The molecule has 0 atom stereocenters. The number of hydrogen-bond acceptors (Lipinski definition) is 4. The van der Waals surface area contributed by atoms with Gasteiger partial charge in [-0.1, -0.05) is 12.1 Å². The van der Waals surface area contributed by atoms with Crippen LogP contribution >= 0.6 is 33.9 Å². The van der Waals surface area contributed by atoms with Gasteiger partial charge in [-0.05, 0) is 52.9 Å². The zero-order valence-electron chi connectivity index (χ0n) is 10.3. The summed E-state index contributed by atoms with van der Waals surface area (Å²) in [4.78, 5) is 16.1. The number of nitrogens with two attached hydrogens (primary N) is 1. The first kappa shape index (κ1) is 13.5. The highest BCUT2D eigenvalue weighted by Gasteiger charge is 2.09. The highest BCUT2D eigenvalue weighted by atomic mass is 127. The zero-order chi connectivity index (χ0) is 14.1. The molecule has 100 valence electrons. The van der Waals surface area contributed by atoms with Gasteiger partial charge in [0.2, 0.25) is 0 Å². The van der Waals surface area contributed by atoms with Gasteiger partial charge in [0, 0.05) is 14.7 Å². The minimum atomic E-state index is -0.295. The van der Waals surface area contributed by atoms with E-state index in [1.54, 1.807) is 17.4 Å². The first-order chi connectivity index (χ1) is 9.67. The van der Waals surface area contributed by atoms with Gasteiger partial charge in [-0.2, -0.15) is 0 Å². The van der Waals surface area contributed by atoms with Crippen molar-refractivity contribution in [2.45, 2.75) is 0 Å².